The Morgan fingerprint density at radius 3 is 2.89 bits per heavy atom. The molecule has 1 amide bonds. The molecule has 0 bridgehead atoms. The fourth-order valence-electron chi connectivity index (χ4n) is 2.33. The topological polar surface area (TPSA) is 45.2 Å². The van der Waals surface area contributed by atoms with Crippen LogP contribution in [0.2, 0.25) is 0 Å². The van der Waals surface area contributed by atoms with E-state index in [4.69, 9.17) is 0 Å². The molecule has 1 aromatic rings. The maximum atomic E-state index is 12.8. The van der Waals surface area contributed by atoms with Crippen LogP contribution in [-0.2, 0) is 0 Å². The molecular weight excluding hydrogens is 245 g/mol. The van der Waals surface area contributed by atoms with Gasteiger partial charge in [-0.25, -0.2) is 9.37 Å². The van der Waals surface area contributed by atoms with Crippen molar-refractivity contribution in [1.29, 1.82) is 0 Å². The summed E-state index contributed by atoms with van der Waals surface area (Å²) in [6, 6.07) is 3.16. The summed E-state index contributed by atoms with van der Waals surface area (Å²) in [4.78, 5) is 18.1. The van der Waals surface area contributed by atoms with E-state index in [0.29, 0.717) is 18.3 Å². The Bertz CT molecular complexity index is 427. The third-order valence-corrected chi connectivity index (χ3v) is 3.41. The number of aromatic nitrogens is 1. The van der Waals surface area contributed by atoms with Crippen molar-refractivity contribution >= 4 is 5.91 Å². The summed E-state index contributed by atoms with van der Waals surface area (Å²) in [7, 11) is 0. The van der Waals surface area contributed by atoms with Crippen LogP contribution < -0.4 is 5.32 Å². The molecule has 104 valence electrons. The predicted molar refractivity (Wildman–Crippen MR) is 71.4 cm³/mol. The first-order valence-corrected chi connectivity index (χ1v) is 6.74. The quantitative estimate of drug-likeness (QED) is 0.903. The average Bonchev–Trinajstić information content (AvgIpc) is 2.88. The minimum absolute atomic E-state index is 0.0988. The minimum atomic E-state index is -0.426. The molecule has 0 spiro atoms. The molecule has 1 N–H and O–H groups in total. The van der Waals surface area contributed by atoms with Gasteiger partial charge in [-0.05, 0) is 45.4 Å². The van der Waals surface area contributed by atoms with Crippen molar-refractivity contribution in [2.24, 2.45) is 0 Å². The second-order valence-electron chi connectivity index (χ2n) is 5.21. The molecular formula is C14H20FN3O. The lowest BCUT2D eigenvalue weighted by Gasteiger charge is -2.29. The van der Waals surface area contributed by atoms with Gasteiger partial charge in [-0.2, -0.15) is 0 Å². The van der Waals surface area contributed by atoms with Gasteiger partial charge in [-0.1, -0.05) is 0 Å². The molecule has 0 saturated carbocycles. The van der Waals surface area contributed by atoms with Crippen LogP contribution >= 0.6 is 0 Å². The van der Waals surface area contributed by atoms with Crippen molar-refractivity contribution in [3.05, 3.63) is 29.8 Å². The fraction of sp³-hybridized carbons (Fsp3) is 0.571. The van der Waals surface area contributed by atoms with Gasteiger partial charge in [0.25, 0.3) is 5.91 Å². The van der Waals surface area contributed by atoms with Crippen LogP contribution in [0.25, 0.3) is 0 Å². The lowest BCUT2D eigenvalue weighted by molar-refractivity contribution is 0.0683. The molecule has 0 aromatic carbocycles. The van der Waals surface area contributed by atoms with Crippen molar-refractivity contribution in [2.45, 2.75) is 38.8 Å². The highest BCUT2D eigenvalue weighted by molar-refractivity contribution is 5.92. The Balaban J connectivity index is 2.09. The summed E-state index contributed by atoms with van der Waals surface area (Å²) in [5.41, 5.74) is 0.299. The highest BCUT2D eigenvalue weighted by Crippen LogP contribution is 2.12. The largest absolute Gasteiger partial charge is 0.333 e. The second-order valence-corrected chi connectivity index (χ2v) is 5.21. The zero-order chi connectivity index (χ0) is 13.8. The number of pyridine rings is 1. The smallest absolute Gasteiger partial charge is 0.272 e. The SMILES string of the molecule is CC(C)N(CC1CCCN1)C(=O)c1ccc(F)cn1. The average molecular weight is 265 g/mol. The van der Waals surface area contributed by atoms with Crippen molar-refractivity contribution in [3.8, 4) is 0 Å². The summed E-state index contributed by atoms with van der Waals surface area (Å²) in [6.45, 7) is 5.65. The first-order chi connectivity index (χ1) is 9.08. The maximum Gasteiger partial charge on any atom is 0.272 e. The van der Waals surface area contributed by atoms with E-state index in [1.807, 2.05) is 13.8 Å². The normalized spacial score (nSPS) is 18.8. The molecule has 1 atom stereocenters. The Kier molecular flexibility index (Phi) is 4.47. The van der Waals surface area contributed by atoms with Crippen LogP contribution in [0.4, 0.5) is 4.39 Å². The van der Waals surface area contributed by atoms with Crippen molar-refractivity contribution < 1.29 is 9.18 Å². The third-order valence-electron chi connectivity index (χ3n) is 3.41. The third kappa shape index (κ3) is 3.50. The van der Waals surface area contributed by atoms with E-state index in [1.54, 1.807) is 4.90 Å². The van der Waals surface area contributed by atoms with E-state index >= 15 is 0 Å². The Morgan fingerprint density at radius 1 is 1.58 bits per heavy atom. The molecule has 1 saturated heterocycles. The number of halogens is 1. The number of rotatable bonds is 4. The predicted octanol–water partition coefficient (Wildman–Crippen LogP) is 1.82. The monoisotopic (exact) mass is 265 g/mol. The molecule has 1 aliphatic rings. The molecule has 1 unspecified atom stereocenters. The summed E-state index contributed by atoms with van der Waals surface area (Å²) >= 11 is 0. The highest BCUT2D eigenvalue weighted by Gasteiger charge is 2.25. The molecule has 1 aromatic heterocycles. The summed E-state index contributed by atoms with van der Waals surface area (Å²) in [5.74, 6) is -0.561. The summed E-state index contributed by atoms with van der Waals surface area (Å²) in [6.07, 6.45) is 3.33. The van der Waals surface area contributed by atoms with Gasteiger partial charge in [0.2, 0.25) is 0 Å². The van der Waals surface area contributed by atoms with Gasteiger partial charge in [-0.3, -0.25) is 4.79 Å². The number of carbonyl (C=O) groups excluding carboxylic acids is 1. The van der Waals surface area contributed by atoms with Gasteiger partial charge in [0.15, 0.2) is 0 Å². The van der Waals surface area contributed by atoms with E-state index in [9.17, 15) is 9.18 Å². The lowest BCUT2D eigenvalue weighted by atomic mass is 10.1. The Labute approximate surface area is 113 Å². The molecule has 4 nitrogen and oxygen atoms in total. The number of nitrogens with zero attached hydrogens (tertiary/aromatic N) is 2. The van der Waals surface area contributed by atoms with Crippen LogP contribution in [-0.4, -0.2) is 41.0 Å². The van der Waals surface area contributed by atoms with Crippen LogP contribution in [0.1, 0.15) is 37.2 Å². The number of nitrogens with one attached hydrogen (secondary N) is 1. The molecule has 19 heavy (non-hydrogen) atoms. The standard InChI is InChI=1S/C14H20FN3O/c1-10(2)18(9-12-4-3-7-16-12)14(19)13-6-5-11(15)8-17-13/h5-6,8,10,12,16H,3-4,7,9H2,1-2H3. The zero-order valence-electron chi connectivity index (χ0n) is 11.4. The fourth-order valence-corrected chi connectivity index (χ4v) is 2.33. The van der Waals surface area contributed by atoms with Crippen molar-refractivity contribution in [1.82, 2.24) is 15.2 Å². The molecule has 5 heteroatoms. The van der Waals surface area contributed by atoms with Gasteiger partial charge in [0.05, 0.1) is 6.20 Å². The van der Waals surface area contributed by atoms with Crippen molar-refractivity contribution in [2.75, 3.05) is 13.1 Å². The molecule has 2 heterocycles. The minimum Gasteiger partial charge on any atom is -0.333 e. The summed E-state index contributed by atoms with van der Waals surface area (Å²) < 4.78 is 12.8. The first-order valence-electron chi connectivity index (χ1n) is 6.74. The number of carbonyl (C=O) groups is 1. The summed E-state index contributed by atoms with van der Waals surface area (Å²) in [5, 5.41) is 3.38. The number of hydrogen-bond acceptors (Lipinski definition) is 3. The van der Waals surface area contributed by atoms with Crippen molar-refractivity contribution in [3.63, 3.8) is 0 Å². The highest BCUT2D eigenvalue weighted by atomic mass is 19.1. The second kappa shape index (κ2) is 6.10. The lowest BCUT2D eigenvalue weighted by Crippen LogP contribution is -2.45. The van der Waals surface area contributed by atoms with Gasteiger partial charge < -0.3 is 10.2 Å². The number of amides is 1. The Hall–Kier alpha value is -1.49. The van der Waals surface area contributed by atoms with Crippen LogP contribution in [0, 0.1) is 5.82 Å². The molecule has 1 fully saturated rings. The zero-order valence-corrected chi connectivity index (χ0v) is 11.4. The Morgan fingerprint density at radius 2 is 2.37 bits per heavy atom. The van der Waals surface area contributed by atoms with E-state index in [2.05, 4.69) is 10.3 Å². The van der Waals surface area contributed by atoms with E-state index in [0.717, 1.165) is 25.6 Å². The molecule has 1 aliphatic heterocycles. The molecule has 0 aliphatic carbocycles. The van der Waals surface area contributed by atoms with E-state index in [-0.39, 0.29) is 11.9 Å². The van der Waals surface area contributed by atoms with Gasteiger partial charge in [-0.15, -0.1) is 0 Å². The van der Waals surface area contributed by atoms with E-state index in [1.165, 1.54) is 12.1 Å². The van der Waals surface area contributed by atoms with Gasteiger partial charge in [0.1, 0.15) is 11.5 Å². The van der Waals surface area contributed by atoms with E-state index < -0.39 is 5.82 Å². The van der Waals surface area contributed by atoms with Gasteiger partial charge >= 0.3 is 0 Å². The number of hydrogen-bond donors (Lipinski definition) is 1. The molecule has 2 rings (SSSR count). The maximum absolute atomic E-state index is 12.8. The van der Waals surface area contributed by atoms with Crippen LogP contribution in [0.15, 0.2) is 18.3 Å². The van der Waals surface area contributed by atoms with Crippen LogP contribution in [0.3, 0.4) is 0 Å². The first kappa shape index (κ1) is 13.9. The van der Waals surface area contributed by atoms with Gasteiger partial charge in [0, 0.05) is 18.6 Å². The molecule has 0 radical (unpaired) electrons. The van der Waals surface area contributed by atoms with Crippen LogP contribution in [0.5, 0.6) is 0 Å².